The molecular formula is C15H16N2O2. The van der Waals surface area contributed by atoms with E-state index in [1.165, 1.54) is 6.26 Å². The molecule has 4 nitrogen and oxygen atoms in total. The van der Waals surface area contributed by atoms with Crippen molar-refractivity contribution in [2.45, 2.75) is 19.4 Å². The van der Waals surface area contributed by atoms with Crippen molar-refractivity contribution in [3.05, 3.63) is 36.1 Å². The maximum atomic E-state index is 12.3. The van der Waals surface area contributed by atoms with Crippen LogP contribution in [0.5, 0.6) is 0 Å². The van der Waals surface area contributed by atoms with E-state index in [4.69, 9.17) is 9.68 Å². The molecule has 98 valence electrons. The lowest BCUT2D eigenvalue weighted by Crippen LogP contribution is -2.33. The maximum Gasteiger partial charge on any atom is 0.180 e. The second-order valence-electron chi connectivity index (χ2n) is 4.70. The van der Waals surface area contributed by atoms with E-state index in [1.54, 1.807) is 0 Å². The van der Waals surface area contributed by atoms with Gasteiger partial charge in [0.25, 0.3) is 0 Å². The molecule has 0 saturated carbocycles. The second kappa shape index (κ2) is 5.68. The van der Waals surface area contributed by atoms with Gasteiger partial charge in [0.15, 0.2) is 5.78 Å². The van der Waals surface area contributed by atoms with E-state index < -0.39 is 0 Å². The van der Waals surface area contributed by atoms with Crippen LogP contribution in [-0.4, -0.2) is 30.3 Å². The summed E-state index contributed by atoms with van der Waals surface area (Å²) in [6.45, 7) is 2.22. The summed E-state index contributed by atoms with van der Waals surface area (Å²) in [6.07, 6.45) is 1.92. The molecule has 2 rings (SSSR count). The van der Waals surface area contributed by atoms with Crippen molar-refractivity contribution in [2.24, 2.45) is 0 Å². The minimum Gasteiger partial charge on any atom is -0.464 e. The first kappa shape index (κ1) is 13.3. The molecule has 0 aliphatic rings. The van der Waals surface area contributed by atoms with E-state index in [0.717, 1.165) is 11.0 Å². The largest absolute Gasteiger partial charge is 0.464 e. The van der Waals surface area contributed by atoms with Crippen LogP contribution in [0.4, 0.5) is 0 Å². The second-order valence-corrected chi connectivity index (χ2v) is 4.70. The Labute approximate surface area is 112 Å². The number of nitriles is 1. The van der Waals surface area contributed by atoms with Gasteiger partial charge in [0.1, 0.15) is 11.8 Å². The molecule has 1 aromatic heterocycles. The van der Waals surface area contributed by atoms with Crippen LogP contribution in [0.2, 0.25) is 0 Å². The van der Waals surface area contributed by atoms with Gasteiger partial charge in [0.05, 0.1) is 24.6 Å². The van der Waals surface area contributed by atoms with Crippen LogP contribution in [0.25, 0.3) is 11.0 Å². The highest BCUT2D eigenvalue weighted by Gasteiger charge is 2.17. The Morgan fingerprint density at radius 2 is 2.21 bits per heavy atom. The van der Waals surface area contributed by atoms with E-state index in [2.05, 4.69) is 6.07 Å². The zero-order valence-corrected chi connectivity index (χ0v) is 11.1. The molecule has 0 aliphatic heterocycles. The Morgan fingerprint density at radius 1 is 1.47 bits per heavy atom. The van der Waals surface area contributed by atoms with Crippen LogP contribution < -0.4 is 0 Å². The van der Waals surface area contributed by atoms with Crippen molar-refractivity contribution >= 4 is 16.8 Å². The molecule has 0 amide bonds. The average molecular weight is 256 g/mol. The van der Waals surface area contributed by atoms with E-state index in [-0.39, 0.29) is 18.4 Å². The molecule has 1 heterocycles. The number of fused-ring (bicyclic) bond motifs is 1. The van der Waals surface area contributed by atoms with Crippen molar-refractivity contribution < 1.29 is 9.21 Å². The topological polar surface area (TPSA) is 57.2 Å². The number of likely N-dealkylation sites (N-methyl/N-ethyl adjacent to an activating group) is 1. The summed E-state index contributed by atoms with van der Waals surface area (Å²) in [7, 11) is 1.85. The van der Waals surface area contributed by atoms with Crippen molar-refractivity contribution in [2.75, 3.05) is 13.6 Å². The predicted octanol–water partition coefficient (Wildman–Crippen LogP) is 2.85. The van der Waals surface area contributed by atoms with Crippen LogP contribution >= 0.6 is 0 Å². The van der Waals surface area contributed by atoms with Gasteiger partial charge in [-0.05, 0) is 20.0 Å². The fourth-order valence-electron chi connectivity index (χ4n) is 1.95. The summed E-state index contributed by atoms with van der Waals surface area (Å²) >= 11 is 0. The Kier molecular flexibility index (Phi) is 3.98. The first-order valence-electron chi connectivity index (χ1n) is 6.20. The molecule has 2 aromatic rings. The molecule has 0 fully saturated rings. The molecule has 0 N–H and O–H groups in total. The number of nitrogens with zero attached hydrogens (tertiary/aromatic N) is 2. The first-order chi connectivity index (χ1) is 9.13. The summed E-state index contributed by atoms with van der Waals surface area (Å²) in [6, 6.07) is 9.66. The Balaban J connectivity index is 2.14. The number of ketones is 1. The minimum absolute atomic E-state index is 0.0113. The number of hydrogen-bond donors (Lipinski definition) is 0. The smallest absolute Gasteiger partial charge is 0.180 e. The van der Waals surface area contributed by atoms with Crippen LogP contribution in [0.3, 0.4) is 0 Å². The maximum absolute atomic E-state index is 12.3. The molecule has 0 saturated heterocycles. The number of carbonyl (C=O) groups is 1. The SMILES string of the molecule is CC(CC#N)N(C)CC(=O)c1coc2ccccc12. The predicted molar refractivity (Wildman–Crippen MR) is 72.9 cm³/mol. The molecular weight excluding hydrogens is 240 g/mol. The lowest BCUT2D eigenvalue weighted by molar-refractivity contribution is 0.0926. The summed E-state index contributed by atoms with van der Waals surface area (Å²) < 4.78 is 5.37. The number of rotatable bonds is 5. The average Bonchev–Trinajstić information content (AvgIpc) is 2.82. The van der Waals surface area contributed by atoms with E-state index in [0.29, 0.717) is 12.0 Å². The van der Waals surface area contributed by atoms with E-state index in [9.17, 15) is 4.79 Å². The van der Waals surface area contributed by atoms with Crippen LogP contribution in [-0.2, 0) is 0 Å². The van der Waals surface area contributed by atoms with Gasteiger partial charge in [-0.15, -0.1) is 0 Å². The minimum atomic E-state index is 0.0113. The molecule has 0 radical (unpaired) electrons. The highest BCUT2D eigenvalue weighted by molar-refractivity contribution is 6.08. The zero-order chi connectivity index (χ0) is 13.8. The van der Waals surface area contributed by atoms with Crippen LogP contribution in [0.1, 0.15) is 23.7 Å². The highest BCUT2D eigenvalue weighted by atomic mass is 16.3. The monoisotopic (exact) mass is 256 g/mol. The van der Waals surface area contributed by atoms with Crippen molar-refractivity contribution in [1.29, 1.82) is 5.26 Å². The quantitative estimate of drug-likeness (QED) is 0.772. The normalized spacial score (nSPS) is 12.5. The number of carbonyl (C=O) groups excluding carboxylic acids is 1. The third kappa shape index (κ3) is 2.83. The zero-order valence-electron chi connectivity index (χ0n) is 11.1. The molecule has 0 bridgehead atoms. The summed E-state index contributed by atoms with van der Waals surface area (Å²) in [5.74, 6) is 0.0113. The van der Waals surface area contributed by atoms with Gasteiger partial charge < -0.3 is 4.42 Å². The fraction of sp³-hybridized carbons (Fsp3) is 0.333. The van der Waals surface area contributed by atoms with Gasteiger partial charge in [-0.3, -0.25) is 9.69 Å². The van der Waals surface area contributed by atoms with Gasteiger partial charge in [0, 0.05) is 11.4 Å². The number of furan rings is 1. The number of hydrogen-bond acceptors (Lipinski definition) is 4. The van der Waals surface area contributed by atoms with Gasteiger partial charge in [-0.2, -0.15) is 5.26 Å². The number of para-hydroxylation sites is 1. The third-order valence-electron chi connectivity index (χ3n) is 3.31. The number of benzene rings is 1. The fourth-order valence-corrected chi connectivity index (χ4v) is 1.95. The molecule has 0 spiro atoms. The van der Waals surface area contributed by atoms with E-state index in [1.807, 2.05) is 43.1 Å². The molecule has 1 aromatic carbocycles. The molecule has 1 atom stereocenters. The van der Waals surface area contributed by atoms with E-state index >= 15 is 0 Å². The third-order valence-corrected chi connectivity index (χ3v) is 3.31. The highest BCUT2D eigenvalue weighted by Crippen LogP contribution is 2.21. The summed E-state index contributed by atoms with van der Waals surface area (Å²) in [5, 5.41) is 9.51. The lowest BCUT2D eigenvalue weighted by atomic mass is 10.1. The van der Waals surface area contributed by atoms with Crippen molar-refractivity contribution in [1.82, 2.24) is 4.90 Å². The lowest BCUT2D eigenvalue weighted by Gasteiger charge is -2.21. The van der Waals surface area contributed by atoms with Crippen molar-refractivity contribution in [3.8, 4) is 6.07 Å². The number of Topliss-reactive ketones (excluding diaryl/α,β-unsaturated/α-hetero) is 1. The Hall–Kier alpha value is -2.12. The van der Waals surface area contributed by atoms with Gasteiger partial charge in [-0.1, -0.05) is 18.2 Å². The molecule has 1 unspecified atom stereocenters. The van der Waals surface area contributed by atoms with Crippen LogP contribution in [0, 0.1) is 11.3 Å². The summed E-state index contributed by atoms with van der Waals surface area (Å²) in [5.41, 5.74) is 1.32. The Morgan fingerprint density at radius 3 is 2.95 bits per heavy atom. The molecule has 4 heteroatoms. The molecule has 19 heavy (non-hydrogen) atoms. The van der Waals surface area contributed by atoms with Gasteiger partial charge in [-0.25, -0.2) is 0 Å². The van der Waals surface area contributed by atoms with Gasteiger partial charge >= 0.3 is 0 Å². The Bertz CT molecular complexity index is 624. The van der Waals surface area contributed by atoms with Crippen molar-refractivity contribution in [3.63, 3.8) is 0 Å². The standard InChI is InChI=1S/C15H16N2O2/c1-11(7-8-16)17(2)9-14(18)13-10-19-15-6-4-3-5-12(13)15/h3-6,10-11H,7,9H2,1-2H3. The first-order valence-corrected chi connectivity index (χ1v) is 6.20. The summed E-state index contributed by atoms with van der Waals surface area (Å²) in [4.78, 5) is 14.1. The molecule has 0 aliphatic carbocycles. The van der Waals surface area contributed by atoms with Crippen LogP contribution in [0.15, 0.2) is 34.9 Å². The van der Waals surface area contributed by atoms with Gasteiger partial charge in [0.2, 0.25) is 0 Å².